The van der Waals surface area contributed by atoms with Gasteiger partial charge in [-0.25, -0.2) is 4.98 Å². The summed E-state index contributed by atoms with van der Waals surface area (Å²) in [7, 11) is 0. The summed E-state index contributed by atoms with van der Waals surface area (Å²) in [4.78, 5) is 58.9. The molecule has 1 atom stereocenters. The molecule has 3 heterocycles. The third-order valence-corrected chi connectivity index (χ3v) is 7.74. The minimum atomic E-state index is -1.16. The molecular weight excluding hydrogens is 534 g/mol. The van der Waals surface area contributed by atoms with Gasteiger partial charge in [-0.2, -0.15) is 5.10 Å². The molecule has 1 unspecified atom stereocenters. The molecule has 214 valence electrons. The van der Waals surface area contributed by atoms with E-state index in [0.717, 1.165) is 65.1 Å². The van der Waals surface area contributed by atoms with Crippen LogP contribution in [0.4, 0.5) is 5.69 Å². The summed E-state index contributed by atoms with van der Waals surface area (Å²) in [6.45, 7) is 1.41. The SMILES string of the molecule is NC(=O)C(CCC=O)N1C(=O)c2ccc(NCCCCn3cc(-c4cnc5ccccc5n4)c(C4CC4)n3)cc2C1=O. The summed E-state index contributed by atoms with van der Waals surface area (Å²) >= 11 is 0. The number of rotatable bonds is 13. The third kappa shape index (κ3) is 5.37. The fraction of sp³-hybridized carbons (Fsp3) is 0.323. The Morgan fingerprint density at radius 3 is 2.60 bits per heavy atom. The maximum atomic E-state index is 13.0. The molecule has 1 saturated carbocycles. The monoisotopic (exact) mass is 565 g/mol. The molecule has 2 aromatic carbocycles. The number of primary amides is 1. The predicted octanol–water partition coefficient (Wildman–Crippen LogP) is 3.69. The molecule has 11 nitrogen and oxygen atoms in total. The van der Waals surface area contributed by atoms with E-state index in [0.29, 0.717) is 24.4 Å². The summed E-state index contributed by atoms with van der Waals surface area (Å²) in [5.74, 6) is -1.49. The molecule has 0 spiro atoms. The van der Waals surface area contributed by atoms with Crippen LogP contribution in [0.5, 0.6) is 0 Å². The first-order valence-electron chi connectivity index (χ1n) is 14.2. The van der Waals surface area contributed by atoms with E-state index >= 15 is 0 Å². The number of nitrogens with two attached hydrogens (primary N) is 1. The van der Waals surface area contributed by atoms with Gasteiger partial charge >= 0.3 is 0 Å². The van der Waals surface area contributed by atoms with E-state index in [9.17, 15) is 19.2 Å². The second-order valence-corrected chi connectivity index (χ2v) is 10.7. The van der Waals surface area contributed by atoms with E-state index in [1.807, 2.05) is 35.1 Å². The fourth-order valence-corrected chi connectivity index (χ4v) is 5.40. The zero-order valence-electron chi connectivity index (χ0n) is 23.0. The number of aldehydes is 1. The van der Waals surface area contributed by atoms with Crippen molar-refractivity contribution < 1.29 is 19.2 Å². The summed E-state index contributed by atoms with van der Waals surface area (Å²) < 4.78 is 1.99. The predicted molar refractivity (Wildman–Crippen MR) is 156 cm³/mol. The number of carbonyl (C=O) groups excluding carboxylic acids is 4. The molecule has 1 aliphatic heterocycles. The van der Waals surface area contributed by atoms with E-state index in [1.54, 1.807) is 18.2 Å². The van der Waals surface area contributed by atoms with E-state index in [2.05, 4.69) is 16.5 Å². The average Bonchev–Trinajstić information content (AvgIpc) is 3.71. The molecule has 1 fully saturated rings. The molecule has 2 aliphatic rings. The topological polar surface area (TPSA) is 153 Å². The third-order valence-electron chi connectivity index (χ3n) is 7.74. The molecule has 0 saturated heterocycles. The first kappa shape index (κ1) is 27.3. The lowest BCUT2D eigenvalue weighted by atomic mass is 10.1. The summed E-state index contributed by atoms with van der Waals surface area (Å²) in [5.41, 5.74) is 11.3. The Hall–Kier alpha value is -4.93. The van der Waals surface area contributed by atoms with Crippen LogP contribution in [-0.2, 0) is 16.1 Å². The first-order chi connectivity index (χ1) is 20.4. The summed E-state index contributed by atoms with van der Waals surface area (Å²) in [6.07, 6.45) is 8.58. The maximum absolute atomic E-state index is 13.0. The van der Waals surface area contributed by atoms with Crippen LogP contribution >= 0.6 is 0 Å². The van der Waals surface area contributed by atoms with Gasteiger partial charge in [0.05, 0.1) is 39.7 Å². The van der Waals surface area contributed by atoms with Crippen molar-refractivity contribution in [1.82, 2.24) is 24.6 Å². The lowest BCUT2D eigenvalue weighted by Crippen LogP contribution is -2.47. The highest BCUT2D eigenvalue weighted by molar-refractivity contribution is 6.23. The highest BCUT2D eigenvalue weighted by Gasteiger charge is 2.42. The zero-order valence-corrected chi connectivity index (χ0v) is 23.0. The number of para-hydroxylation sites is 2. The molecule has 0 radical (unpaired) electrons. The van der Waals surface area contributed by atoms with E-state index < -0.39 is 23.8 Å². The minimum absolute atomic E-state index is 0.00492. The van der Waals surface area contributed by atoms with Gasteiger partial charge in [-0.3, -0.25) is 28.9 Å². The maximum Gasteiger partial charge on any atom is 0.262 e. The Balaban J connectivity index is 1.06. The quantitative estimate of drug-likeness (QED) is 0.141. The lowest BCUT2D eigenvalue weighted by Gasteiger charge is -2.22. The number of fused-ring (bicyclic) bond motifs is 2. The van der Waals surface area contributed by atoms with E-state index in [-0.39, 0.29) is 24.0 Å². The lowest BCUT2D eigenvalue weighted by molar-refractivity contribution is -0.122. The fourth-order valence-electron chi connectivity index (χ4n) is 5.40. The van der Waals surface area contributed by atoms with Crippen LogP contribution in [0.3, 0.4) is 0 Å². The number of carbonyl (C=O) groups is 4. The second-order valence-electron chi connectivity index (χ2n) is 10.7. The molecular formula is C31H31N7O4. The number of hydrogen-bond acceptors (Lipinski definition) is 8. The zero-order chi connectivity index (χ0) is 29.2. The largest absolute Gasteiger partial charge is 0.385 e. The van der Waals surface area contributed by atoms with Crippen molar-refractivity contribution in [2.75, 3.05) is 11.9 Å². The first-order valence-corrected chi connectivity index (χ1v) is 14.2. The molecule has 3 N–H and O–H groups in total. The normalized spacial score (nSPS) is 15.2. The number of nitrogens with zero attached hydrogens (tertiary/aromatic N) is 5. The number of benzene rings is 2. The minimum Gasteiger partial charge on any atom is -0.385 e. The van der Waals surface area contributed by atoms with Gasteiger partial charge in [0, 0.05) is 42.9 Å². The van der Waals surface area contributed by atoms with Crippen LogP contribution in [0.2, 0.25) is 0 Å². The summed E-state index contributed by atoms with van der Waals surface area (Å²) in [6, 6.07) is 11.6. The van der Waals surface area contributed by atoms with Gasteiger partial charge in [0.1, 0.15) is 12.3 Å². The Kier molecular flexibility index (Phi) is 7.47. The van der Waals surface area contributed by atoms with Gasteiger partial charge in [0.25, 0.3) is 11.8 Å². The number of unbranched alkanes of at least 4 members (excludes halogenated alkanes) is 1. The second kappa shape index (κ2) is 11.5. The average molecular weight is 566 g/mol. The van der Waals surface area contributed by atoms with Gasteiger partial charge in [-0.15, -0.1) is 0 Å². The van der Waals surface area contributed by atoms with Crippen molar-refractivity contribution >= 4 is 40.7 Å². The van der Waals surface area contributed by atoms with E-state index in [1.165, 1.54) is 0 Å². The number of imide groups is 1. The van der Waals surface area contributed by atoms with Crippen LogP contribution in [0.15, 0.2) is 54.9 Å². The van der Waals surface area contributed by atoms with E-state index in [4.69, 9.17) is 15.8 Å². The van der Waals surface area contributed by atoms with Crippen LogP contribution in [0.1, 0.15) is 70.9 Å². The number of anilines is 1. The molecule has 4 aromatic rings. The Morgan fingerprint density at radius 2 is 1.83 bits per heavy atom. The van der Waals surface area contributed by atoms with Crippen molar-refractivity contribution in [1.29, 1.82) is 0 Å². The molecule has 42 heavy (non-hydrogen) atoms. The van der Waals surface area contributed by atoms with Crippen LogP contribution in [0, 0.1) is 0 Å². The van der Waals surface area contributed by atoms with Crippen LogP contribution < -0.4 is 11.1 Å². The van der Waals surface area contributed by atoms with Gasteiger partial charge in [0.2, 0.25) is 5.91 Å². The Bertz CT molecular complexity index is 1690. The highest BCUT2D eigenvalue weighted by Crippen LogP contribution is 2.43. The molecule has 6 rings (SSSR count). The van der Waals surface area contributed by atoms with Crippen molar-refractivity contribution in [2.24, 2.45) is 5.73 Å². The standard InChI is InChI=1S/C31H31N7O4/c32-29(40)27(8-5-15-39)38-30(41)21-12-11-20(16-22(21)31(38)42)33-13-3-4-14-37-18-23(28(36-37)19-9-10-19)26-17-34-24-6-1-2-7-25(24)35-26/h1-2,6-7,11-12,15-19,27,33H,3-5,8-10,13-14H2,(H2,32,40). The van der Waals surface area contributed by atoms with Gasteiger partial charge in [-0.05, 0) is 62.4 Å². The molecule has 1 aliphatic carbocycles. The van der Waals surface area contributed by atoms with Crippen LogP contribution in [0.25, 0.3) is 22.3 Å². The number of aromatic nitrogens is 4. The van der Waals surface area contributed by atoms with Gasteiger partial charge in [-0.1, -0.05) is 12.1 Å². The smallest absolute Gasteiger partial charge is 0.262 e. The summed E-state index contributed by atoms with van der Waals surface area (Å²) in [5, 5.41) is 8.21. The number of aryl methyl sites for hydroxylation is 1. The van der Waals surface area contributed by atoms with Gasteiger partial charge < -0.3 is 15.8 Å². The Morgan fingerprint density at radius 1 is 1.05 bits per heavy atom. The highest BCUT2D eigenvalue weighted by atomic mass is 16.2. The number of nitrogens with one attached hydrogen (secondary N) is 1. The van der Waals surface area contributed by atoms with Crippen molar-refractivity contribution in [2.45, 2.75) is 57.0 Å². The van der Waals surface area contributed by atoms with Gasteiger partial charge in [0.15, 0.2) is 0 Å². The van der Waals surface area contributed by atoms with Crippen LogP contribution in [-0.4, -0.2) is 61.2 Å². The number of hydrogen-bond donors (Lipinski definition) is 2. The Labute approximate surface area is 242 Å². The molecule has 3 amide bonds. The van der Waals surface area contributed by atoms with Crippen molar-refractivity contribution in [3.05, 3.63) is 71.7 Å². The van der Waals surface area contributed by atoms with Crippen molar-refractivity contribution in [3.63, 3.8) is 0 Å². The molecule has 0 bridgehead atoms. The molecule has 11 heteroatoms. The molecule has 2 aromatic heterocycles. The van der Waals surface area contributed by atoms with Crippen molar-refractivity contribution in [3.8, 4) is 11.3 Å². The number of amides is 3.